The molecule has 1 N–H and O–H groups in total. The van der Waals surface area contributed by atoms with Gasteiger partial charge in [0.1, 0.15) is 0 Å². The van der Waals surface area contributed by atoms with Crippen LogP contribution < -0.4 is 5.32 Å². The fraction of sp³-hybridized carbons (Fsp3) is 1.00. The van der Waals surface area contributed by atoms with Gasteiger partial charge in [0.2, 0.25) is 0 Å². The van der Waals surface area contributed by atoms with Crippen molar-refractivity contribution in [2.45, 2.75) is 37.5 Å². The molecule has 0 radical (unpaired) electrons. The molecule has 2 fully saturated rings. The van der Waals surface area contributed by atoms with Crippen LogP contribution in [0, 0.1) is 5.92 Å². The summed E-state index contributed by atoms with van der Waals surface area (Å²) in [6, 6.07) is 0.641. The van der Waals surface area contributed by atoms with E-state index in [0.717, 1.165) is 19.6 Å². The predicted molar refractivity (Wildman–Crippen MR) is 79.4 cm³/mol. The smallest absolute Gasteiger partial charge is 0.0521 e. The fourth-order valence-electron chi connectivity index (χ4n) is 2.93. The van der Waals surface area contributed by atoms with Gasteiger partial charge in [0.25, 0.3) is 0 Å². The Labute approximate surface area is 116 Å². The summed E-state index contributed by atoms with van der Waals surface area (Å²) in [5.41, 5.74) is 0. The van der Waals surface area contributed by atoms with Gasteiger partial charge >= 0.3 is 0 Å². The van der Waals surface area contributed by atoms with E-state index in [9.17, 15) is 0 Å². The summed E-state index contributed by atoms with van der Waals surface area (Å²) < 4.78 is 6.11. The molecular weight excluding hydrogens is 244 g/mol. The van der Waals surface area contributed by atoms with Crippen LogP contribution in [0.15, 0.2) is 0 Å². The Bertz CT molecular complexity index is 260. The SMILES string of the molecule is CNC1CCOCC1CN1CCSC(C)(C)CC1. The Hall–Kier alpha value is 0.230. The molecule has 0 spiro atoms. The van der Waals surface area contributed by atoms with Crippen molar-refractivity contribution in [3.05, 3.63) is 0 Å². The molecule has 0 aromatic carbocycles. The zero-order chi connectivity index (χ0) is 13.0. The number of hydrogen-bond donors (Lipinski definition) is 1. The molecule has 0 aromatic rings. The highest BCUT2D eigenvalue weighted by atomic mass is 32.2. The number of rotatable bonds is 3. The van der Waals surface area contributed by atoms with E-state index in [4.69, 9.17) is 4.74 Å². The molecule has 106 valence electrons. The lowest BCUT2D eigenvalue weighted by atomic mass is 9.95. The molecule has 2 rings (SSSR count). The molecular formula is C14H28N2OS. The van der Waals surface area contributed by atoms with E-state index in [1.165, 1.54) is 31.8 Å². The number of nitrogens with zero attached hydrogens (tertiary/aromatic N) is 1. The lowest BCUT2D eigenvalue weighted by Crippen LogP contribution is -2.47. The Morgan fingerprint density at radius 1 is 1.39 bits per heavy atom. The van der Waals surface area contributed by atoms with Crippen molar-refractivity contribution in [2.75, 3.05) is 45.6 Å². The first-order valence-corrected chi connectivity index (χ1v) is 8.20. The monoisotopic (exact) mass is 272 g/mol. The van der Waals surface area contributed by atoms with Gasteiger partial charge in [-0.05, 0) is 26.4 Å². The molecule has 2 heterocycles. The number of ether oxygens (including phenoxy) is 1. The van der Waals surface area contributed by atoms with E-state index in [1.807, 2.05) is 0 Å². The molecule has 0 aliphatic carbocycles. The van der Waals surface area contributed by atoms with Crippen LogP contribution in [0.4, 0.5) is 0 Å². The lowest BCUT2D eigenvalue weighted by molar-refractivity contribution is 0.0191. The van der Waals surface area contributed by atoms with E-state index in [-0.39, 0.29) is 0 Å². The van der Waals surface area contributed by atoms with E-state index >= 15 is 0 Å². The van der Waals surface area contributed by atoms with Gasteiger partial charge in [-0.15, -0.1) is 0 Å². The molecule has 2 atom stereocenters. The Kier molecular flexibility index (Phi) is 5.36. The molecule has 2 saturated heterocycles. The van der Waals surface area contributed by atoms with Crippen LogP contribution in [0.2, 0.25) is 0 Å². The first kappa shape index (κ1) is 14.6. The van der Waals surface area contributed by atoms with Crippen LogP contribution in [0.5, 0.6) is 0 Å². The molecule has 0 bridgehead atoms. The van der Waals surface area contributed by atoms with Gasteiger partial charge in [-0.1, -0.05) is 13.8 Å². The zero-order valence-corrected chi connectivity index (χ0v) is 12.9. The minimum absolute atomic E-state index is 0.459. The van der Waals surface area contributed by atoms with Gasteiger partial charge in [-0.2, -0.15) is 11.8 Å². The average Bonchev–Trinajstić information content (AvgIpc) is 2.52. The van der Waals surface area contributed by atoms with Gasteiger partial charge in [0.15, 0.2) is 0 Å². The van der Waals surface area contributed by atoms with Crippen molar-refractivity contribution in [3.63, 3.8) is 0 Å². The van der Waals surface area contributed by atoms with Crippen molar-refractivity contribution < 1.29 is 4.74 Å². The van der Waals surface area contributed by atoms with E-state index < -0.39 is 0 Å². The quantitative estimate of drug-likeness (QED) is 0.847. The first-order valence-electron chi connectivity index (χ1n) is 7.22. The average molecular weight is 272 g/mol. The Morgan fingerprint density at radius 3 is 3.00 bits per heavy atom. The van der Waals surface area contributed by atoms with Gasteiger partial charge < -0.3 is 15.0 Å². The lowest BCUT2D eigenvalue weighted by Gasteiger charge is -2.35. The van der Waals surface area contributed by atoms with Crippen LogP contribution in [0.1, 0.15) is 26.7 Å². The van der Waals surface area contributed by atoms with Gasteiger partial charge in [0.05, 0.1) is 6.61 Å². The zero-order valence-electron chi connectivity index (χ0n) is 12.1. The van der Waals surface area contributed by atoms with Gasteiger partial charge in [0, 0.05) is 42.2 Å². The summed E-state index contributed by atoms with van der Waals surface area (Å²) >= 11 is 2.12. The predicted octanol–water partition coefficient (Wildman–Crippen LogP) is 1.83. The minimum atomic E-state index is 0.459. The first-order chi connectivity index (χ1) is 8.61. The summed E-state index contributed by atoms with van der Waals surface area (Å²) in [7, 11) is 2.09. The normalized spacial score (nSPS) is 34.2. The maximum absolute atomic E-state index is 5.66. The molecule has 0 saturated carbocycles. The van der Waals surface area contributed by atoms with Crippen molar-refractivity contribution in [1.82, 2.24) is 10.2 Å². The van der Waals surface area contributed by atoms with Gasteiger partial charge in [-0.25, -0.2) is 0 Å². The Balaban J connectivity index is 1.84. The van der Waals surface area contributed by atoms with Crippen molar-refractivity contribution in [1.29, 1.82) is 0 Å². The third-order valence-corrected chi connectivity index (χ3v) is 5.64. The molecule has 2 unspecified atom stereocenters. The second kappa shape index (κ2) is 6.60. The Morgan fingerprint density at radius 2 is 2.22 bits per heavy atom. The van der Waals surface area contributed by atoms with Crippen LogP contribution in [-0.4, -0.2) is 61.3 Å². The third kappa shape index (κ3) is 4.12. The van der Waals surface area contributed by atoms with Crippen LogP contribution in [0.3, 0.4) is 0 Å². The molecule has 4 heteroatoms. The van der Waals surface area contributed by atoms with Crippen LogP contribution >= 0.6 is 11.8 Å². The maximum Gasteiger partial charge on any atom is 0.0521 e. The van der Waals surface area contributed by atoms with Crippen molar-refractivity contribution in [3.8, 4) is 0 Å². The standard InChI is InChI=1S/C14H28N2OS/c1-14(2)5-6-16(7-9-18-14)10-12-11-17-8-4-13(12)15-3/h12-13,15H,4-11H2,1-3H3. The summed E-state index contributed by atoms with van der Waals surface area (Å²) in [5.74, 6) is 1.93. The summed E-state index contributed by atoms with van der Waals surface area (Å²) in [4.78, 5) is 2.64. The molecule has 3 nitrogen and oxygen atoms in total. The minimum Gasteiger partial charge on any atom is -0.381 e. The van der Waals surface area contributed by atoms with Gasteiger partial charge in [-0.3, -0.25) is 0 Å². The molecule has 18 heavy (non-hydrogen) atoms. The molecule has 2 aliphatic heterocycles. The van der Waals surface area contributed by atoms with E-state index in [1.54, 1.807) is 0 Å². The van der Waals surface area contributed by atoms with E-state index in [0.29, 0.717) is 16.7 Å². The summed E-state index contributed by atoms with van der Waals surface area (Å²) in [6.45, 7) is 10.3. The van der Waals surface area contributed by atoms with Crippen LogP contribution in [-0.2, 0) is 4.74 Å². The van der Waals surface area contributed by atoms with Crippen LogP contribution in [0.25, 0.3) is 0 Å². The fourth-order valence-corrected chi connectivity index (χ4v) is 4.07. The second-order valence-electron chi connectivity index (χ2n) is 6.18. The molecule has 0 aromatic heterocycles. The maximum atomic E-state index is 5.66. The second-order valence-corrected chi connectivity index (χ2v) is 7.98. The van der Waals surface area contributed by atoms with E-state index in [2.05, 4.69) is 42.9 Å². The number of thioether (sulfide) groups is 1. The molecule has 2 aliphatic rings. The topological polar surface area (TPSA) is 24.5 Å². The summed E-state index contributed by atoms with van der Waals surface area (Å²) in [5, 5.41) is 3.46. The largest absolute Gasteiger partial charge is 0.381 e. The highest BCUT2D eigenvalue weighted by Gasteiger charge is 2.29. The summed E-state index contributed by atoms with van der Waals surface area (Å²) in [6.07, 6.45) is 2.46. The number of nitrogens with one attached hydrogen (secondary N) is 1. The third-order valence-electron chi connectivity index (χ3n) is 4.27. The number of hydrogen-bond acceptors (Lipinski definition) is 4. The highest BCUT2D eigenvalue weighted by Crippen LogP contribution is 2.31. The molecule has 0 amide bonds. The van der Waals surface area contributed by atoms with Crippen molar-refractivity contribution in [2.24, 2.45) is 5.92 Å². The van der Waals surface area contributed by atoms with Crippen molar-refractivity contribution >= 4 is 11.8 Å². The highest BCUT2D eigenvalue weighted by molar-refractivity contribution is 8.00.